The molecule has 0 radical (unpaired) electrons. The molecule has 2 rings (SSSR count). The second-order valence-corrected chi connectivity index (χ2v) is 3.96. The maximum absolute atomic E-state index is 12.8. The first kappa shape index (κ1) is 13.2. The molecule has 0 aliphatic carbocycles. The number of halogens is 1. The van der Waals surface area contributed by atoms with Crippen LogP contribution in [-0.2, 0) is 13.0 Å². The number of H-pyrrole nitrogens is 1. The zero-order chi connectivity index (χ0) is 13.8. The third-order valence-corrected chi connectivity index (χ3v) is 2.56. The molecule has 0 aliphatic heterocycles. The molecule has 0 unspecified atom stereocenters. The quantitative estimate of drug-likeness (QED) is 0.791. The summed E-state index contributed by atoms with van der Waals surface area (Å²) in [6.45, 7) is -0.249. The summed E-state index contributed by atoms with van der Waals surface area (Å²) in [4.78, 5) is 25.1. The summed E-state index contributed by atoms with van der Waals surface area (Å²) in [5.74, 6) is -0.365. The van der Waals surface area contributed by atoms with E-state index in [-0.39, 0.29) is 31.1 Å². The molecule has 19 heavy (non-hydrogen) atoms. The lowest BCUT2D eigenvalue weighted by Crippen LogP contribution is -2.35. The van der Waals surface area contributed by atoms with Crippen molar-refractivity contribution in [3.63, 3.8) is 0 Å². The first-order valence-electron chi connectivity index (χ1n) is 5.66. The van der Waals surface area contributed by atoms with Crippen molar-refractivity contribution in [1.82, 2.24) is 14.8 Å². The monoisotopic (exact) mass is 265 g/mol. The molecule has 1 aromatic heterocycles. The fraction of sp³-hybridized carbons (Fsp3) is 0.250. The van der Waals surface area contributed by atoms with Crippen LogP contribution in [0.4, 0.5) is 4.39 Å². The molecule has 0 saturated heterocycles. The predicted octanol–water partition coefficient (Wildman–Crippen LogP) is -0.346. The highest BCUT2D eigenvalue weighted by Gasteiger charge is 2.07. The number of nitrogens with zero attached hydrogens (tertiary/aromatic N) is 2. The van der Waals surface area contributed by atoms with E-state index in [2.05, 4.69) is 10.1 Å². The Balaban J connectivity index is 2.34. The number of hydrogen-bond acceptors (Lipinski definition) is 4. The molecule has 1 aromatic carbocycles. The van der Waals surface area contributed by atoms with E-state index in [1.807, 2.05) is 0 Å². The molecule has 6 nitrogen and oxygen atoms in total. The van der Waals surface area contributed by atoms with Gasteiger partial charge in [-0.15, -0.1) is 0 Å². The van der Waals surface area contributed by atoms with E-state index >= 15 is 0 Å². The molecular formula is C12H12FN3O3. The number of nitrogens with one attached hydrogen (secondary N) is 1. The average Bonchev–Trinajstić information content (AvgIpc) is 2.38. The standard InChI is InChI=1S/C12H12FN3O3/c13-9-3-1-8(2-4-9)7-10-11(18)14-12(19)16(15-10)5-6-17/h1-4,17H,5-7H2,(H,14,18,19). The average molecular weight is 265 g/mol. The van der Waals surface area contributed by atoms with Crippen LogP contribution in [0.25, 0.3) is 0 Å². The largest absolute Gasteiger partial charge is 0.394 e. The molecule has 0 atom stereocenters. The number of aromatic nitrogens is 3. The third-order valence-electron chi connectivity index (χ3n) is 2.56. The minimum atomic E-state index is -0.665. The van der Waals surface area contributed by atoms with Gasteiger partial charge in [-0.2, -0.15) is 5.10 Å². The van der Waals surface area contributed by atoms with Gasteiger partial charge in [-0.25, -0.2) is 13.9 Å². The highest BCUT2D eigenvalue weighted by molar-refractivity contribution is 5.20. The van der Waals surface area contributed by atoms with Crippen LogP contribution in [0.3, 0.4) is 0 Å². The van der Waals surface area contributed by atoms with Crippen molar-refractivity contribution in [1.29, 1.82) is 0 Å². The third kappa shape index (κ3) is 3.14. The van der Waals surface area contributed by atoms with E-state index in [0.717, 1.165) is 4.68 Å². The SMILES string of the molecule is O=c1[nH]c(=O)n(CCO)nc1Cc1ccc(F)cc1. The van der Waals surface area contributed by atoms with E-state index in [9.17, 15) is 14.0 Å². The second kappa shape index (κ2) is 5.57. The van der Waals surface area contributed by atoms with Gasteiger partial charge in [0.15, 0.2) is 0 Å². The Morgan fingerprint density at radius 1 is 1.26 bits per heavy atom. The van der Waals surface area contributed by atoms with Crippen molar-refractivity contribution >= 4 is 0 Å². The Labute approximate surface area is 107 Å². The molecule has 0 aliphatic rings. The predicted molar refractivity (Wildman–Crippen MR) is 65.4 cm³/mol. The Morgan fingerprint density at radius 2 is 1.95 bits per heavy atom. The molecule has 2 aromatic rings. The van der Waals surface area contributed by atoms with Gasteiger partial charge in [0, 0.05) is 6.42 Å². The van der Waals surface area contributed by atoms with E-state index in [1.165, 1.54) is 24.3 Å². The zero-order valence-electron chi connectivity index (χ0n) is 9.97. The van der Waals surface area contributed by atoms with Crippen molar-refractivity contribution in [3.05, 3.63) is 62.2 Å². The summed E-state index contributed by atoms with van der Waals surface area (Å²) >= 11 is 0. The lowest BCUT2D eigenvalue weighted by molar-refractivity contribution is 0.264. The molecule has 2 N–H and O–H groups in total. The molecule has 0 amide bonds. The van der Waals surface area contributed by atoms with Gasteiger partial charge >= 0.3 is 5.69 Å². The van der Waals surface area contributed by atoms with Gasteiger partial charge in [0.1, 0.15) is 11.5 Å². The summed E-state index contributed by atoms with van der Waals surface area (Å²) in [6.07, 6.45) is 0.182. The zero-order valence-corrected chi connectivity index (χ0v) is 9.97. The maximum atomic E-state index is 12.8. The second-order valence-electron chi connectivity index (χ2n) is 3.96. The minimum absolute atomic E-state index is 0.00598. The Morgan fingerprint density at radius 3 is 2.58 bits per heavy atom. The van der Waals surface area contributed by atoms with Crippen LogP contribution in [0.5, 0.6) is 0 Å². The van der Waals surface area contributed by atoms with Crippen molar-refractivity contribution in [3.8, 4) is 0 Å². The molecule has 0 fully saturated rings. The fourth-order valence-corrected chi connectivity index (χ4v) is 1.63. The smallest absolute Gasteiger partial charge is 0.344 e. The Kier molecular flexibility index (Phi) is 3.86. The number of rotatable bonds is 4. The highest BCUT2D eigenvalue weighted by Crippen LogP contribution is 2.05. The number of aliphatic hydroxyl groups excluding tert-OH is 1. The minimum Gasteiger partial charge on any atom is -0.394 e. The summed E-state index contributed by atoms with van der Waals surface area (Å²) in [6, 6.07) is 5.65. The van der Waals surface area contributed by atoms with Crippen LogP contribution in [0.15, 0.2) is 33.9 Å². The maximum Gasteiger partial charge on any atom is 0.344 e. The molecule has 1 heterocycles. The normalized spacial score (nSPS) is 10.6. The topological polar surface area (TPSA) is 88.0 Å². The van der Waals surface area contributed by atoms with Crippen molar-refractivity contribution in [2.45, 2.75) is 13.0 Å². The van der Waals surface area contributed by atoms with Crippen molar-refractivity contribution < 1.29 is 9.50 Å². The Bertz CT molecular complexity index is 676. The van der Waals surface area contributed by atoms with Crippen LogP contribution in [0.2, 0.25) is 0 Å². The molecule has 100 valence electrons. The van der Waals surface area contributed by atoms with Crippen LogP contribution >= 0.6 is 0 Å². The van der Waals surface area contributed by atoms with Gasteiger partial charge in [-0.05, 0) is 17.7 Å². The van der Waals surface area contributed by atoms with Crippen molar-refractivity contribution in [2.75, 3.05) is 6.61 Å². The van der Waals surface area contributed by atoms with Gasteiger partial charge in [0.2, 0.25) is 0 Å². The van der Waals surface area contributed by atoms with Crippen molar-refractivity contribution in [2.24, 2.45) is 0 Å². The summed E-state index contributed by atoms with van der Waals surface area (Å²) < 4.78 is 13.8. The summed E-state index contributed by atoms with van der Waals surface area (Å²) in [5, 5.41) is 12.7. The first-order valence-corrected chi connectivity index (χ1v) is 5.66. The number of benzene rings is 1. The number of hydrogen-bond donors (Lipinski definition) is 2. The lowest BCUT2D eigenvalue weighted by atomic mass is 10.1. The molecule has 7 heteroatoms. The lowest BCUT2D eigenvalue weighted by Gasteiger charge is -2.04. The van der Waals surface area contributed by atoms with Gasteiger partial charge in [-0.3, -0.25) is 9.78 Å². The molecule has 0 saturated carbocycles. The van der Waals surface area contributed by atoms with Crippen LogP contribution in [0, 0.1) is 5.82 Å². The number of aliphatic hydroxyl groups is 1. The molecule has 0 bridgehead atoms. The van der Waals surface area contributed by atoms with Crippen LogP contribution < -0.4 is 11.2 Å². The molecular weight excluding hydrogens is 253 g/mol. The van der Waals surface area contributed by atoms with Gasteiger partial charge in [-0.1, -0.05) is 12.1 Å². The molecule has 0 spiro atoms. The van der Waals surface area contributed by atoms with E-state index < -0.39 is 11.2 Å². The fourth-order valence-electron chi connectivity index (χ4n) is 1.63. The Hall–Kier alpha value is -2.28. The first-order chi connectivity index (χ1) is 9.10. The van der Waals surface area contributed by atoms with Gasteiger partial charge in [0.25, 0.3) is 5.56 Å². The van der Waals surface area contributed by atoms with Crippen LogP contribution in [0.1, 0.15) is 11.3 Å². The van der Waals surface area contributed by atoms with E-state index in [1.54, 1.807) is 0 Å². The van der Waals surface area contributed by atoms with Gasteiger partial charge in [0.05, 0.1) is 13.2 Å². The highest BCUT2D eigenvalue weighted by atomic mass is 19.1. The van der Waals surface area contributed by atoms with Crippen LogP contribution in [-0.4, -0.2) is 26.5 Å². The van der Waals surface area contributed by atoms with E-state index in [4.69, 9.17) is 5.11 Å². The van der Waals surface area contributed by atoms with Gasteiger partial charge < -0.3 is 5.11 Å². The summed E-state index contributed by atoms with van der Waals surface area (Å²) in [5.41, 5.74) is -0.404. The number of aromatic amines is 1. The summed E-state index contributed by atoms with van der Waals surface area (Å²) in [7, 11) is 0. The van der Waals surface area contributed by atoms with E-state index in [0.29, 0.717) is 5.56 Å².